The van der Waals surface area contributed by atoms with Crippen LogP contribution in [0.5, 0.6) is 5.75 Å². The molecule has 8 heteroatoms. The van der Waals surface area contributed by atoms with E-state index in [1.807, 2.05) is 6.92 Å². The predicted octanol–water partition coefficient (Wildman–Crippen LogP) is 0.294. The van der Waals surface area contributed by atoms with Crippen LogP contribution < -0.4 is 4.74 Å². The van der Waals surface area contributed by atoms with Gasteiger partial charge in [0.2, 0.25) is 10.0 Å². The van der Waals surface area contributed by atoms with Gasteiger partial charge in [-0.2, -0.15) is 4.31 Å². The second kappa shape index (κ2) is 6.00. The van der Waals surface area contributed by atoms with E-state index in [4.69, 9.17) is 9.84 Å². The molecule has 1 aromatic rings. The number of ether oxygens (including phenoxy) is 1. The molecule has 0 aromatic heterocycles. The molecule has 0 amide bonds. The fourth-order valence-electron chi connectivity index (χ4n) is 2.28. The Kier molecular flexibility index (Phi) is 4.50. The Morgan fingerprint density at radius 2 is 2.00 bits per heavy atom. The molecule has 0 spiro atoms. The topological polar surface area (TPSA) is 104 Å². The molecule has 2 rings (SSSR count). The molecule has 2 N–H and O–H groups in total. The Labute approximate surface area is 122 Å². The average molecular weight is 315 g/mol. The van der Waals surface area contributed by atoms with Crippen molar-refractivity contribution in [3.05, 3.63) is 24.3 Å². The molecule has 1 saturated heterocycles. The van der Waals surface area contributed by atoms with Crippen LogP contribution >= 0.6 is 0 Å². The summed E-state index contributed by atoms with van der Waals surface area (Å²) < 4.78 is 31.0. The molecule has 0 saturated carbocycles. The maximum absolute atomic E-state index is 12.5. The normalized spacial score (nSPS) is 23.1. The van der Waals surface area contributed by atoms with E-state index in [1.54, 1.807) is 0 Å². The number of aliphatic hydroxyl groups excluding tert-OH is 1. The van der Waals surface area contributed by atoms with Gasteiger partial charge in [0.1, 0.15) is 11.8 Å². The van der Waals surface area contributed by atoms with Crippen molar-refractivity contribution in [3.63, 3.8) is 0 Å². The zero-order chi connectivity index (χ0) is 15.6. The van der Waals surface area contributed by atoms with Gasteiger partial charge in [0.15, 0.2) is 0 Å². The van der Waals surface area contributed by atoms with Crippen molar-refractivity contribution in [1.29, 1.82) is 0 Å². The number of benzene rings is 1. The minimum atomic E-state index is -3.96. The number of carboxylic acid groups (broad SMARTS) is 1. The Morgan fingerprint density at radius 3 is 2.52 bits per heavy atom. The Balaban J connectivity index is 2.30. The maximum atomic E-state index is 12.5. The van der Waals surface area contributed by atoms with Crippen LogP contribution in [0.1, 0.15) is 13.3 Å². The van der Waals surface area contributed by atoms with Crippen LogP contribution in [0.15, 0.2) is 29.2 Å². The van der Waals surface area contributed by atoms with E-state index in [1.165, 1.54) is 24.3 Å². The fraction of sp³-hybridized carbons (Fsp3) is 0.462. The summed E-state index contributed by atoms with van der Waals surface area (Å²) in [6, 6.07) is 4.52. The summed E-state index contributed by atoms with van der Waals surface area (Å²) in [5, 5.41) is 18.6. The third-order valence-corrected chi connectivity index (χ3v) is 5.15. The summed E-state index contributed by atoms with van der Waals surface area (Å²) in [5.74, 6) is -0.728. The van der Waals surface area contributed by atoms with Gasteiger partial charge in [-0.1, -0.05) is 0 Å². The third-order valence-electron chi connectivity index (χ3n) is 3.26. The smallest absolute Gasteiger partial charge is 0.322 e. The average Bonchev–Trinajstić information content (AvgIpc) is 2.83. The van der Waals surface area contributed by atoms with Gasteiger partial charge >= 0.3 is 5.97 Å². The summed E-state index contributed by atoms with van der Waals surface area (Å²) in [5.41, 5.74) is 0. The Morgan fingerprint density at radius 1 is 1.38 bits per heavy atom. The molecule has 116 valence electrons. The van der Waals surface area contributed by atoms with Crippen molar-refractivity contribution in [1.82, 2.24) is 4.31 Å². The lowest BCUT2D eigenvalue weighted by Gasteiger charge is -2.20. The summed E-state index contributed by atoms with van der Waals surface area (Å²) in [4.78, 5) is 11.1. The fourth-order valence-corrected chi connectivity index (χ4v) is 3.91. The number of β-amino-alcohol motifs (C(OH)–C–C–N with tert-alkyl or cyclic N) is 1. The largest absolute Gasteiger partial charge is 0.494 e. The number of carbonyl (C=O) groups is 1. The van der Waals surface area contributed by atoms with Crippen molar-refractivity contribution in [2.45, 2.75) is 30.4 Å². The van der Waals surface area contributed by atoms with Crippen LogP contribution in [0.2, 0.25) is 0 Å². The lowest BCUT2D eigenvalue weighted by molar-refractivity contribution is -0.140. The first-order chi connectivity index (χ1) is 9.86. The van der Waals surface area contributed by atoms with E-state index >= 15 is 0 Å². The van der Waals surface area contributed by atoms with Gasteiger partial charge in [0, 0.05) is 13.0 Å². The van der Waals surface area contributed by atoms with Gasteiger partial charge in [-0.15, -0.1) is 0 Å². The van der Waals surface area contributed by atoms with E-state index in [0.29, 0.717) is 12.4 Å². The highest BCUT2D eigenvalue weighted by molar-refractivity contribution is 7.89. The zero-order valence-corrected chi connectivity index (χ0v) is 12.3. The van der Waals surface area contributed by atoms with Crippen LogP contribution in [-0.2, 0) is 14.8 Å². The van der Waals surface area contributed by atoms with E-state index in [9.17, 15) is 18.3 Å². The molecule has 1 aliphatic rings. The Bertz CT molecular complexity index is 612. The summed E-state index contributed by atoms with van der Waals surface area (Å²) in [6.45, 7) is 2.06. The van der Waals surface area contributed by atoms with Gasteiger partial charge in [-0.3, -0.25) is 4.79 Å². The molecule has 2 unspecified atom stereocenters. The quantitative estimate of drug-likeness (QED) is 0.809. The maximum Gasteiger partial charge on any atom is 0.322 e. The molecular formula is C13H17NO6S. The summed E-state index contributed by atoms with van der Waals surface area (Å²) >= 11 is 0. The molecule has 21 heavy (non-hydrogen) atoms. The number of rotatable bonds is 5. The van der Waals surface area contributed by atoms with Crippen LogP contribution in [0.25, 0.3) is 0 Å². The van der Waals surface area contributed by atoms with Crippen molar-refractivity contribution in [2.24, 2.45) is 0 Å². The second-order valence-electron chi connectivity index (χ2n) is 4.72. The number of carboxylic acids is 1. The third kappa shape index (κ3) is 3.17. The van der Waals surface area contributed by atoms with Gasteiger partial charge in [0.05, 0.1) is 17.6 Å². The van der Waals surface area contributed by atoms with E-state index in [2.05, 4.69) is 0 Å². The molecule has 1 fully saturated rings. The standard InChI is InChI=1S/C13H17NO6S/c1-2-20-10-3-5-11(6-4-10)21(18,19)14-8-9(15)7-12(14)13(16)17/h3-6,9,12,15H,2,7-8H2,1H3,(H,16,17). The van der Waals surface area contributed by atoms with E-state index in [-0.39, 0.29) is 17.9 Å². The second-order valence-corrected chi connectivity index (χ2v) is 6.61. The van der Waals surface area contributed by atoms with Gasteiger partial charge in [-0.05, 0) is 31.2 Å². The van der Waals surface area contributed by atoms with Gasteiger partial charge in [-0.25, -0.2) is 8.42 Å². The minimum Gasteiger partial charge on any atom is -0.494 e. The molecule has 0 bridgehead atoms. The van der Waals surface area contributed by atoms with Crippen LogP contribution in [-0.4, -0.2) is 54.2 Å². The van der Waals surface area contributed by atoms with Gasteiger partial charge in [0.25, 0.3) is 0 Å². The van der Waals surface area contributed by atoms with Crippen molar-refractivity contribution < 1.29 is 28.2 Å². The highest BCUT2D eigenvalue weighted by atomic mass is 32.2. The lowest BCUT2D eigenvalue weighted by Crippen LogP contribution is -2.40. The molecule has 2 atom stereocenters. The highest BCUT2D eigenvalue weighted by Gasteiger charge is 2.43. The predicted molar refractivity (Wildman–Crippen MR) is 73.6 cm³/mol. The van der Waals surface area contributed by atoms with E-state index in [0.717, 1.165) is 4.31 Å². The van der Waals surface area contributed by atoms with Crippen LogP contribution in [0.3, 0.4) is 0 Å². The minimum absolute atomic E-state index is 0.0219. The van der Waals surface area contributed by atoms with Crippen molar-refractivity contribution in [3.8, 4) is 5.75 Å². The first kappa shape index (κ1) is 15.7. The number of nitrogens with zero attached hydrogens (tertiary/aromatic N) is 1. The molecule has 1 aliphatic heterocycles. The number of aliphatic hydroxyl groups is 1. The van der Waals surface area contributed by atoms with Crippen molar-refractivity contribution >= 4 is 16.0 Å². The van der Waals surface area contributed by atoms with Gasteiger partial charge < -0.3 is 14.9 Å². The Hall–Kier alpha value is -1.64. The highest BCUT2D eigenvalue weighted by Crippen LogP contribution is 2.27. The zero-order valence-electron chi connectivity index (χ0n) is 11.5. The monoisotopic (exact) mass is 315 g/mol. The van der Waals surface area contributed by atoms with Crippen molar-refractivity contribution in [2.75, 3.05) is 13.2 Å². The SMILES string of the molecule is CCOc1ccc(S(=O)(=O)N2CC(O)CC2C(=O)O)cc1. The first-order valence-electron chi connectivity index (χ1n) is 6.52. The van der Waals surface area contributed by atoms with Crippen LogP contribution in [0.4, 0.5) is 0 Å². The lowest BCUT2D eigenvalue weighted by atomic mass is 10.2. The molecule has 7 nitrogen and oxygen atoms in total. The first-order valence-corrected chi connectivity index (χ1v) is 7.96. The number of hydrogen-bond donors (Lipinski definition) is 2. The molecular weight excluding hydrogens is 298 g/mol. The molecule has 1 heterocycles. The molecule has 0 radical (unpaired) electrons. The summed E-state index contributed by atoms with van der Waals surface area (Å²) in [7, 11) is -3.96. The van der Waals surface area contributed by atoms with Crippen LogP contribution in [0, 0.1) is 0 Å². The number of aliphatic carboxylic acids is 1. The molecule has 1 aromatic carbocycles. The number of hydrogen-bond acceptors (Lipinski definition) is 5. The molecule has 0 aliphatic carbocycles. The summed E-state index contributed by atoms with van der Waals surface area (Å²) in [6.07, 6.45) is -1.07. The number of sulfonamides is 1. The van der Waals surface area contributed by atoms with E-state index < -0.39 is 28.1 Å².